The highest BCUT2D eigenvalue weighted by molar-refractivity contribution is 14.1. The lowest BCUT2D eigenvalue weighted by Crippen LogP contribution is -2.04. The van der Waals surface area contributed by atoms with Crippen LogP contribution in [0, 0.1) is 3.57 Å². The lowest BCUT2D eigenvalue weighted by atomic mass is 10.1. The molecule has 186 valence electrons. The van der Waals surface area contributed by atoms with Crippen molar-refractivity contribution in [2.45, 2.75) is 13.2 Å². The largest absolute Gasteiger partial charge is 0.506 e. The minimum absolute atomic E-state index is 0.106. The minimum Gasteiger partial charge on any atom is -0.506 e. The van der Waals surface area contributed by atoms with E-state index >= 15 is 0 Å². The number of benzene rings is 4. The molecule has 0 aliphatic heterocycles. The zero-order chi connectivity index (χ0) is 25.8. The van der Waals surface area contributed by atoms with Gasteiger partial charge in [0.25, 0.3) is 0 Å². The maximum absolute atomic E-state index is 13.0. The molecule has 7 heteroatoms. The number of ether oxygens (including phenoxy) is 3. The Labute approximate surface area is 227 Å². The van der Waals surface area contributed by atoms with Gasteiger partial charge < -0.3 is 23.7 Å². The summed E-state index contributed by atoms with van der Waals surface area (Å²) in [6.07, 6.45) is 0. The Kier molecular flexibility index (Phi) is 7.32. The van der Waals surface area contributed by atoms with Crippen LogP contribution in [-0.4, -0.2) is 12.2 Å². The molecule has 0 saturated carbocycles. The third-order valence-corrected chi connectivity index (χ3v) is 6.86. The molecule has 0 atom stereocenters. The minimum atomic E-state index is -0.358. The van der Waals surface area contributed by atoms with Gasteiger partial charge in [-0.1, -0.05) is 60.7 Å². The van der Waals surface area contributed by atoms with E-state index in [9.17, 15) is 9.90 Å². The van der Waals surface area contributed by atoms with Crippen LogP contribution >= 0.6 is 22.6 Å². The van der Waals surface area contributed by atoms with Gasteiger partial charge in [0.2, 0.25) is 0 Å². The second-order valence-electron chi connectivity index (χ2n) is 8.30. The van der Waals surface area contributed by atoms with Gasteiger partial charge in [0.1, 0.15) is 41.4 Å². The Hall–Kier alpha value is -3.98. The smallest absolute Gasteiger partial charge is 0.197 e. The second kappa shape index (κ2) is 11.0. The number of fused-ring (bicyclic) bond motifs is 1. The molecule has 0 bridgehead atoms. The summed E-state index contributed by atoms with van der Waals surface area (Å²) >= 11 is 1.97. The maximum atomic E-state index is 13.0. The third-order valence-electron chi connectivity index (χ3n) is 5.82. The molecule has 37 heavy (non-hydrogen) atoms. The Morgan fingerprint density at radius 2 is 1.41 bits per heavy atom. The van der Waals surface area contributed by atoms with Crippen LogP contribution in [0.25, 0.3) is 22.3 Å². The van der Waals surface area contributed by atoms with Gasteiger partial charge >= 0.3 is 0 Å². The maximum Gasteiger partial charge on any atom is 0.197 e. The fraction of sp³-hybridized carbons (Fsp3) is 0.100. The van der Waals surface area contributed by atoms with E-state index < -0.39 is 0 Å². The molecule has 0 unspecified atom stereocenters. The summed E-state index contributed by atoms with van der Waals surface area (Å²) in [7, 11) is 1.57. The Morgan fingerprint density at radius 1 is 0.784 bits per heavy atom. The van der Waals surface area contributed by atoms with Crippen molar-refractivity contribution in [1.82, 2.24) is 0 Å². The van der Waals surface area contributed by atoms with E-state index in [0.717, 1.165) is 11.1 Å². The molecule has 0 fully saturated rings. The van der Waals surface area contributed by atoms with Gasteiger partial charge in [0.15, 0.2) is 16.9 Å². The molecule has 0 spiro atoms. The van der Waals surface area contributed by atoms with Crippen molar-refractivity contribution in [3.05, 3.63) is 116 Å². The van der Waals surface area contributed by atoms with Crippen molar-refractivity contribution in [2.24, 2.45) is 0 Å². The Morgan fingerprint density at radius 3 is 2.03 bits per heavy atom. The van der Waals surface area contributed by atoms with Gasteiger partial charge in [-0.05, 0) is 51.9 Å². The van der Waals surface area contributed by atoms with Crippen LogP contribution in [0.3, 0.4) is 0 Å². The number of hydrogen-bond acceptors (Lipinski definition) is 6. The van der Waals surface area contributed by atoms with Gasteiger partial charge in [0, 0.05) is 17.7 Å². The average molecular weight is 606 g/mol. The highest BCUT2D eigenvalue weighted by atomic mass is 127. The number of hydrogen-bond donors (Lipinski definition) is 1. The highest BCUT2D eigenvalue weighted by Crippen LogP contribution is 2.38. The average Bonchev–Trinajstić information content (AvgIpc) is 2.93. The first kappa shape index (κ1) is 24.7. The molecule has 0 saturated heterocycles. The van der Waals surface area contributed by atoms with Crippen LogP contribution < -0.4 is 19.6 Å². The number of phenols is 1. The molecule has 0 aliphatic carbocycles. The molecule has 1 aromatic heterocycles. The summed E-state index contributed by atoms with van der Waals surface area (Å²) in [5.74, 6) is 1.68. The SMILES string of the molecule is COc1ccc(-c2cc(=O)c3c(O)c(I)c(OCc4ccccc4)cc3o2)cc1OCc1ccccc1. The van der Waals surface area contributed by atoms with Crippen LogP contribution in [-0.2, 0) is 13.2 Å². The normalized spacial score (nSPS) is 10.9. The van der Waals surface area contributed by atoms with Gasteiger partial charge in [-0.15, -0.1) is 0 Å². The van der Waals surface area contributed by atoms with Gasteiger partial charge in [-0.2, -0.15) is 0 Å². The van der Waals surface area contributed by atoms with Gasteiger partial charge in [0.05, 0.1) is 10.7 Å². The van der Waals surface area contributed by atoms with E-state index in [1.165, 1.54) is 6.07 Å². The molecule has 0 amide bonds. The third kappa shape index (κ3) is 5.41. The van der Waals surface area contributed by atoms with E-state index in [1.807, 2.05) is 83.3 Å². The summed E-state index contributed by atoms with van der Waals surface area (Å²) in [6.45, 7) is 0.670. The van der Waals surface area contributed by atoms with E-state index in [-0.39, 0.29) is 22.1 Å². The van der Waals surface area contributed by atoms with Crippen molar-refractivity contribution in [3.8, 4) is 34.3 Å². The summed E-state index contributed by atoms with van der Waals surface area (Å²) in [5, 5.41) is 10.9. The molecule has 5 aromatic rings. The number of methoxy groups -OCH3 is 1. The zero-order valence-corrected chi connectivity index (χ0v) is 22.1. The topological polar surface area (TPSA) is 78.1 Å². The number of rotatable bonds is 8. The predicted molar refractivity (Wildman–Crippen MR) is 150 cm³/mol. The van der Waals surface area contributed by atoms with E-state index in [4.69, 9.17) is 18.6 Å². The Balaban J connectivity index is 1.50. The first-order valence-electron chi connectivity index (χ1n) is 11.5. The van der Waals surface area contributed by atoms with Gasteiger partial charge in [-0.3, -0.25) is 4.79 Å². The van der Waals surface area contributed by atoms with Crippen LogP contribution in [0.1, 0.15) is 11.1 Å². The quantitative estimate of drug-likeness (QED) is 0.193. The second-order valence-corrected chi connectivity index (χ2v) is 9.38. The monoisotopic (exact) mass is 606 g/mol. The zero-order valence-electron chi connectivity index (χ0n) is 19.9. The van der Waals surface area contributed by atoms with Gasteiger partial charge in [-0.25, -0.2) is 0 Å². The molecule has 0 aliphatic rings. The summed E-state index contributed by atoms with van der Waals surface area (Å²) in [4.78, 5) is 13.0. The molecule has 5 rings (SSSR count). The van der Waals surface area contributed by atoms with E-state index in [2.05, 4.69) is 0 Å². The lowest BCUT2D eigenvalue weighted by molar-refractivity contribution is 0.284. The first-order chi connectivity index (χ1) is 18.0. The lowest BCUT2D eigenvalue weighted by Gasteiger charge is -2.14. The number of phenolic OH excluding ortho intramolecular Hbond substituents is 1. The molecule has 0 radical (unpaired) electrons. The van der Waals surface area contributed by atoms with Crippen molar-refractivity contribution in [2.75, 3.05) is 7.11 Å². The first-order valence-corrected chi connectivity index (χ1v) is 12.6. The summed E-state index contributed by atoms with van der Waals surface area (Å²) in [5.41, 5.74) is 2.50. The number of aromatic hydroxyl groups is 1. The molecule has 6 nitrogen and oxygen atoms in total. The van der Waals surface area contributed by atoms with Crippen LogP contribution in [0.2, 0.25) is 0 Å². The number of halogens is 1. The molecular weight excluding hydrogens is 583 g/mol. The van der Waals surface area contributed by atoms with Crippen molar-refractivity contribution in [1.29, 1.82) is 0 Å². The van der Waals surface area contributed by atoms with Crippen LogP contribution in [0.5, 0.6) is 23.0 Å². The van der Waals surface area contributed by atoms with E-state index in [1.54, 1.807) is 31.4 Å². The standard InChI is InChI=1S/C30H23IO6/c1-34-23-13-12-21(14-25(23)35-17-19-8-4-2-5-9-19)24-15-22(32)28-26(37-24)16-27(29(31)30(28)33)36-18-20-10-6-3-7-11-20/h2-16,33H,17-18H2,1H3. The fourth-order valence-corrected chi connectivity index (χ4v) is 4.50. The molecule has 4 aromatic carbocycles. The summed E-state index contributed by atoms with van der Waals surface area (Å²) < 4.78 is 24.0. The Bertz CT molecular complexity index is 1600. The highest BCUT2D eigenvalue weighted by Gasteiger charge is 2.18. The summed E-state index contributed by atoms with van der Waals surface area (Å²) in [6, 6.07) is 27.8. The fourth-order valence-electron chi connectivity index (χ4n) is 3.92. The molecule has 1 N–H and O–H groups in total. The predicted octanol–water partition coefficient (Wildman–Crippen LogP) is 6.94. The van der Waals surface area contributed by atoms with Crippen LogP contribution in [0.4, 0.5) is 0 Å². The van der Waals surface area contributed by atoms with E-state index in [0.29, 0.717) is 45.4 Å². The van der Waals surface area contributed by atoms with Crippen LogP contribution in [0.15, 0.2) is 100 Å². The molecule has 1 heterocycles. The van der Waals surface area contributed by atoms with Crippen molar-refractivity contribution < 1.29 is 23.7 Å². The van der Waals surface area contributed by atoms with Crippen molar-refractivity contribution in [3.63, 3.8) is 0 Å². The van der Waals surface area contributed by atoms with Crippen molar-refractivity contribution >= 4 is 33.6 Å². The molecular formula is C30H23IO6.